The number of aliphatic imine (C=N–C) groups is 1. The fraction of sp³-hybridized carbons (Fsp3) is 0.474. The number of aromatic nitrogens is 1. The van der Waals surface area contributed by atoms with Gasteiger partial charge in [0.1, 0.15) is 5.76 Å². The van der Waals surface area contributed by atoms with Crippen molar-refractivity contribution in [3.05, 3.63) is 52.7 Å². The monoisotopic (exact) mass is 343 g/mol. The molecule has 0 radical (unpaired) electrons. The number of aryl methyl sites for hydroxylation is 2. The van der Waals surface area contributed by atoms with Crippen molar-refractivity contribution in [1.82, 2.24) is 20.5 Å². The zero-order chi connectivity index (χ0) is 18.2. The Hall–Kier alpha value is -2.34. The Morgan fingerprint density at radius 2 is 1.96 bits per heavy atom. The summed E-state index contributed by atoms with van der Waals surface area (Å²) in [6, 6.07) is 8.53. The summed E-state index contributed by atoms with van der Waals surface area (Å²) < 4.78 is 5.60. The third kappa shape index (κ3) is 6.23. The molecule has 2 rings (SSSR count). The quantitative estimate of drug-likeness (QED) is 0.598. The summed E-state index contributed by atoms with van der Waals surface area (Å²) >= 11 is 0. The minimum atomic E-state index is 0.515. The summed E-state index contributed by atoms with van der Waals surface area (Å²) in [5, 5.41) is 6.52. The molecular formula is C19H29N5O. The average Bonchev–Trinajstić information content (AvgIpc) is 2.88. The molecule has 0 saturated heterocycles. The largest absolute Gasteiger partial charge is 0.444 e. The van der Waals surface area contributed by atoms with Crippen molar-refractivity contribution in [1.29, 1.82) is 0 Å². The second kappa shape index (κ2) is 9.22. The summed E-state index contributed by atoms with van der Waals surface area (Å²) in [5.74, 6) is 2.29. The van der Waals surface area contributed by atoms with Gasteiger partial charge in [0.15, 0.2) is 5.96 Å². The first-order chi connectivity index (χ1) is 12.0. The van der Waals surface area contributed by atoms with Gasteiger partial charge in [-0.15, -0.1) is 0 Å². The van der Waals surface area contributed by atoms with Gasteiger partial charge in [-0.1, -0.05) is 24.3 Å². The molecule has 0 spiro atoms. The Kier molecular flexibility index (Phi) is 7.01. The molecule has 2 N–H and O–H groups in total. The van der Waals surface area contributed by atoms with Crippen LogP contribution in [0.3, 0.4) is 0 Å². The van der Waals surface area contributed by atoms with E-state index in [2.05, 4.69) is 63.9 Å². The van der Waals surface area contributed by atoms with Crippen LogP contribution in [-0.2, 0) is 19.6 Å². The van der Waals surface area contributed by atoms with Gasteiger partial charge in [-0.05, 0) is 46.0 Å². The highest BCUT2D eigenvalue weighted by Gasteiger charge is 2.06. The predicted octanol–water partition coefficient (Wildman–Crippen LogP) is 2.61. The standard InChI is InChI=1S/C19H29N5O/c1-6-20-19(22-12-18-23-14(2)15(3)25-18)21-11-16-8-7-9-17(10-16)13-24(4)5/h7-10H,6,11-13H2,1-5H3,(H2,20,21,22). The Labute approximate surface area is 150 Å². The number of oxazole rings is 1. The number of nitrogens with zero attached hydrogens (tertiary/aromatic N) is 3. The van der Waals surface area contributed by atoms with Crippen LogP contribution in [-0.4, -0.2) is 36.5 Å². The lowest BCUT2D eigenvalue weighted by molar-refractivity contribution is 0.402. The van der Waals surface area contributed by atoms with Crippen LogP contribution in [0.4, 0.5) is 0 Å². The minimum Gasteiger partial charge on any atom is -0.444 e. The van der Waals surface area contributed by atoms with Gasteiger partial charge in [0.25, 0.3) is 0 Å². The molecular weight excluding hydrogens is 314 g/mol. The molecule has 0 atom stereocenters. The van der Waals surface area contributed by atoms with E-state index in [-0.39, 0.29) is 0 Å². The number of hydrogen-bond donors (Lipinski definition) is 2. The van der Waals surface area contributed by atoms with Crippen LogP contribution in [0.15, 0.2) is 33.7 Å². The molecule has 136 valence electrons. The van der Waals surface area contributed by atoms with Gasteiger partial charge in [-0.25, -0.2) is 9.98 Å². The molecule has 0 aliphatic rings. The van der Waals surface area contributed by atoms with E-state index in [1.54, 1.807) is 0 Å². The smallest absolute Gasteiger partial charge is 0.214 e. The molecule has 0 saturated carbocycles. The molecule has 6 heteroatoms. The highest BCUT2D eigenvalue weighted by Crippen LogP contribution is 2.09. The molecule has 1 aromatic heterocycles. The second-order valence-corrected chi connectivity index (χ2v) is 6.36. The molecule has 0 amide bonds. The maximum absolute atomic E-state index is 5.60. The van der Waals surface area contributed by atoms with E-state index < -0.39 is 0 Å². The SMILES string of the molecule is CCNC(=NCc1cccc(CN(C)C)c1)NCc1nc(C)c(C)o1. The molecule has 0 bridgehead atoms. The third-order valence-corrected chi connectivity index (χ3v) is 3.73. The van der Waals surface area contributed by atoms with Gasteiger partial charge in [-0.2, -0.15) is 0 Å². The summed E-state index contributed by atoms with van der Waals surface area (Å²) in [6.07, 6.45) is 0. The van der Waals surface area contributed by atoms with Crippen molar-refractivity contribution in [2.45, 2.75) is 40.4 Å². The van der Waals surface area contributed by atoms with Crippen LogP contribution in [0.25, 0.3) is 0 Å². The van der Waals surface area contributed by atoms with E-state index in [1.165, 1.54) is 11.1 Å². The van der Waals surface area contributed by atoms with Gasteiger partial charge >= 0.3 is 0 Å². The average molecular weight is 343 g/mol. The van der Waals surface area contributed by atoms with Crippen LogP contribution >= 0.6 is 0 Å². The lowest BCUT2D eigenvalue weighted by atomic mass is 10.1. The summed E-state index contributed by atoms with van der Waals surface area (Å²) in [7, 11) is 4.15. The molecule has 0 fully saturated rings. The molecule has 1 aromatic carbocycles. The molecule has 6 nitrogen and oxygen atoms in total. The Morgan fingerprint density at radius 3 is 2.60 bits per heavy atom. The van der Waals surface area contributed by atoms with Gasteiger partial charge in [-0.3, -0.25) is 0 Å². The number of benzene rings is 1. The van der Waals surface area contributed by atoms with Crippen LogP contribution in [0, 0.1) is 13.8 Å². The van der Waals surface area contributed by atoms with Crippen molar-refractivity contribution >= 4 is 5.96 Å². The van der Waals surface area contributed by atoms with E-state index in [4.69, 9.17) is 4.42 Å². The molecule has 2 aromatic rings. The first kappa shape index (κ1) is 19.0. The van der Waals surface area contributed by atoms with Crippen molar-refractivity contribution in [2.75, 3.05) is 20.6 Å². The number of rotatable bonds is 7. The maximum atomic E-state index is 5.60. The summed E-state index contributed by atoms with van der Waals surface area (Å²) in [5.41, 5.74) is 3.41. The van der Waals surface area contributed by atoms with E-state index in [0.29, 0.717) is 19.0 Å². The van der Waals surface area contributed by atoms with Crippen LogP contribution in [0.2, 0.25) is 0 Å². The minimum absolute atomic E-state index is 0.515. The third-order valence-electron chi connectivity index (χ3n) is 3.73. The van der Waals surface area contributed by atoms with Crippen molar-refractivity contribution in [2.24, 2.45) is 4.99 Å². The second-order valence-electron chi connectivity index (χ2n) is 6.36. The van der Waals surface area contributed by atoms with Crippen LogP contribution in [0.1, 0.15) is 35.4 Å². The highest BCUT2D eigenvalue weighted by atomic mass is 16.4. The summed E-state index contributed by atoms with van der Waals surface area (Å²) in [4.78, 5) is 11.2. The lowest BCUT2D eigenvalue weighted by Crippen LogP contribution is -2.36. The molecule has 25 heavy (non-hydrogen) atoms. The Bertz CT molecular complexity index is 686. The van der Waals surface area contributed by atoms with Gasteiger partial charge in [0, 0.05) is 13.1 Å². The Balaban J connectivity index is 1.98. The number of guanidine groups is 1. The van der Waals surface area contributed by atoms with Gasteiger partial charge in [0.05, 0.1) is 18.8 Å². The highest BCUT2D eigenvalue weighted by molar-refractivity contribution is 5.79. The van der Waals surface area contributed by atoms with E-state index in [9.17, 15) is 0 Å². The van der Waals surface area contributed by atoms with E-state index in [0.717, 1.165) is 30.5 Å². The number of hydrogen-bond acceptors (Lipinski definition) is 4. The lowest BCUT2D eigenvalue weighted by Gasteiger charge is -2.11. The summed E-state index contributed by atoms with van der Waals surface area (Å²) in [6.45, 7) is 8.79. The van der Waals surface area contributed by atoms with E-state index >= 15 is 0 Å². The zero-order valence-corrected chi connectivity index (χ0v) is 15.9. The normalized spacial score (nSPS) is 11.8. The van der Waals surface area contributed by atoms with Crippen molar-refractivity contribution in [3.63, 3.8) is 0 Å². The van der Waals surface area contributed by atoms with Crippen LogP contribution in [0.5, 0.6) is 0 Å². The predicted molar refractivity (Wildman–Crippen MR) is 101 cm³/mol. The van der Waals surface area contributed by atoms with E-state index in [1.807, 2.05) is 20.8 Å². The molecule has 0 unspecified atom stereocenters. The topological polar surface area (TPSA) is 65.7 Å². The first-order valence-electron chi connectivity index (χ1n) is 8.65. The Morgan fingerprint density at radius 1 is 1.20 bits per heavy atom. The van der Waals surface area contributed by atoms with Gasteiger partial charge in [0.2, 0.25) is 5.89 Å². The number of nitrogens with one attached hydrogen (secondary N) is 2. The van der Waals surface area contributed by atoms with Crippen molar-refractivity contribution < 1.29 is 4.42 Å². The first-order valence-corrected chi connectivity index (χ1v) is 8.65. The van der Waals surface area contributed by atoms with Gasteiger partial charge < -0.3 is 20.0 Å². The maximum Gasteiger partial charge on any atom is 0.214 e. The molecule has 0 aliphatic heterocycles. The zero-order valence-electron chi connectivity index (χ0n) is 15.9. The van der Waals surface area contributed by atoms with Crippen molar-refractivity contribution in [3.8, 4) is 0 Å². The van der Waals surface area contributed by atoms with Crippen LogP contribution < -0.4 is 10.6 Å². The molecule has 1 heterocycles. The molecule has 0 aliphatic carbocycles. The fourth-order valence-electron chi connectivity index (χ4n) is 2.48. The fourth-order valence-corrected chi connectivity index (χ4v) is 2.48.